The Kier molecular flexibility index (Phi) is 2.68. The first-order chi connectivity index (χ1) is 7.22. The fourth-order valence-electron chi connectivity index (χ4n) is 1.21. The second kappa shape index (κ2) is 3.98. The van der Waals surface area contributed by atoms with Crippen LogP contribution in [-0.4, -0.2) is 27.4 Å². The third-order valence-corrected chi connectivity index (χ3v) is 2.31. The minimum absolute atomic E-state index is 0.240. The van der Waals surface area contributed by atoms with E-state index in [2.05, 4.69) is 26.2 Å². The predicted molar refractivity (Wildman–Crippen MR) is 56.6 cm³/mol. The number of hydrogen-bond donors (Lipinski definition) is 0. The van der Waals surface area contributed by atoms with Gasteiger partial charge in [-0.15, -0.1) is 5.10 Å². The van der Waals surface area contributed by atoms with Gasteiger partial charge < -0.3 is 4.74 Å². The summed E-state index contributed by atoms with van der Waals surface area (Å²) in [5, 5.41) is 7.59. The Hall–Kier alpha value is -1.43. The Morgan fingerprint density at radius 3 is 3.13 bits per heavy atom. The van der Waals surface area contributed by atoms with E-state index in [1.165, 1.54) is 4.52 Å². The first-order valence-corrected chi connectivity index (χ1v) is 5.19. The molecule has 0 bridgehead atoms. The largest absolute Gasteiger partial charge is 0.461 e. The van der Waals surface area contributed by atoms with Crippen molar-refractivity contribution in [1.29, 1.82) is 0 Å². The molecule has 6 heteroatoms. The van der Waals surface area contributed by atoms with E-state index in [4.69, 9.17) is 4.74 Å². The number of carbonyl (C=O) groups excluding carboxylic acids is 1. The van der Waals surface area contributed by atoms with Crippen molar-refractivity contribution in [2.75, 3.05) is 6.61 Å². The standard InChI is InChI=1S/C9H8BrN3O2/c1-2-15-9(14)8-7-4-3-6(10)5-13(7)12-11-8/h3-5H,2H2,1H3. The highest BCUT2D eigenvalue weighted by Crippen LogP contribution is 2.14. The lowest BCUT2D eigenvalue weighted by Gasteiger charge is -1.97. The van der Waals surface area contributed by atoms with Crippen LogP contribution in [0.2, 0.25) is 0 Å². The lowest BCUT2D eigenvalue weighted by molar-refractivity contribution is 0.0521. The number of aromatic nitrogens is 3. The van der Waals surface area contributed by atoms with E-state index in [0.717, 1.165) is 4.47 Å². The summed E-state index contributed by atoms with van der Waals surface area (Å²) >= 11 is 3.30. The van der Waals surface area contributed by atoms with Crippen LogP contribution in [0, 0.1) is 0 Å². The van der Waals surface area contributed by atoms with Gasteiger partial charge in [0.1, 0.15) is 5.52 Å². The van der Waals surface area contributed by atoms with Crippen molar-refractivity contribution < 1.29 is 9.53 Å². The van der Waals surface area contributed by atoms with Crippen LogP contribution in [0.15, 0.2) is 22.8 Å². The summed E-state index contributed by atoms with van der Waals surface area (Å²) in [5.74, 6) is -0.449. The van der Waals surface area contributed by atoms with Gasteiger partial charge in [-0.25, -0.2) is 9.31 Å². The van der Waals surface area contributed by atoms with Gasteiger partial charge in [-0.2, -0.15) is 0 Å². The molecule has 0 unspecified atom stereocenters. The molecule has 2 aromatic heterocycles. The topological polar surface area (TPSA) is 56.5 Å². The van der Waals surface area contributed by atoms with Crippen molar-refractivity contribution in [3.05, 3.63) is 28.5 Å². The van der Waals surface area contributed by atoms with Crippen LogP contribution in [0.25, 0.3) is 5.52 Å². The number of carbonyl (C=O) groups is 1. The minimum Gasteiger partial charge on any atom is -0.461 e. The van der Waals surface area contributed by atoms with Crippen molar-refractivity contribution >= 4 is 27.4 Å². The molecule has 0 N–H and O–H groups in total. The fourth-order valence-corrected chi connectivity index (χ4v) is 1.54. The van der Waals surface area contributed by atoms with E-state index in [9.17, 15) is 4.79 Å². The second-order valence-electron chi connectivity index (χ2n) is 2.84. The highest BCUT2D eigenvalue weighted by atomic mass is 79.9. The van der Waals surface area contributed by atoms with Crippen molar-refractivity contribution in [1.82, 2.24) is 14.8 Å². The summed E-state index contributed by atoms with van der Waals surface area (Å²) in [6, 6.07) is 3.58. The fraction of sp³-hybridized carbons (Fsp3) is 0.222. The van der Waals surface area contributed by atoms with Gasteiger partial charge in [0.2, 0.25) is 0 Å². The van der Waals surface area contributed by atoms with Crippen LogP contribution < -0.4 is 0 Å². The smallest absolute Gasteiger partial charge is 0.361 e. The van der Waals surface area contributed by atoms with Gasteiger partial charge in [-0.1, -0.05) is 5.21 Å². The molecule has 0 atom stereocenters. The molecule has 0 fully saturated rings. The zero-order valence-corrected chi connectivity index (χ0v) is 9.56. The molecule has 0 saturated carbocycles. The van der Waals surface area contributed by atoms with Crippen molar-refractivity contribution in [3.63, 3.8) is 0 Å². The molecule has 0 aromatic carbocycles. The Morgan fingerprint density at radius 2 is 2.40 bits per heavy atom. The van der Waals surface area contributed by atoms with Crippen molar-refractivity contribution in [3.8, 4) is 0 Å². The molecule has 2 aromatic rings. The third-order valence-electron chi connectivity index (χ3n) is 1.85. The Labute approximate surface area is 94.2 Å². The Morgan fingerprint density at radius 1 is 1.60 bits per heavy atom. The monoisotopic (exact) mass is 269 g/mol. The van der Waals surface area contributed by atoms with E-state index in [1.54, 1.807) is 19.2 Å². The number of fused-ring (bicyclic) bond motifs is 1. The highest BCUT2D eigenvalue weighted by Gasteiger charge is 2.15. The van der Waals surface area contributed by atoms with E-state index < -0.39 is 5.97 Å². The maximum Gasteiger partial charge on any atom is 0.361 e. The third kappa shape index (κ3) is 1.85. The predicted octanol–water partition coefficient (Wildman–Crippen LogP) is 1.67. The molecule has 0 amide bonds. The summed E-state index contributed by atoms with van der Waals surface area (Å²) in [4.78, 5) is 11.5. The van der Waals surface area contributed by atoms with Gasteiger partial charge in [-0.3, -0.25) is 0 Å². The summed E-state index contributed by atoms with van der Waals surface area (Å²) in [6.45, 7) is 2.08. The number of halogens is 1. The average molecular weight is 270 g/mol. The van der Waals surface area contributed by atoms with E-state index >= 15 is 0 Å². The van der Waals surface area contributed by atoms with Crippen LogP contribution in [0.3, 0.4) is 0 Å². The van der Waals surface area contributed by atoms with E-state index in [0.29, 0.717) is 12.1 Å². The minimum atomic E-state index is -0.449. The second-order valence-corrected chi connectivity index (χ2v) is 3.75. The molecule has 5 nitrogen and oxygen atoms in total. The zero-order valence-electron chi connectivity index (χ0n) is 7.98. The van der Waals surface area contributed by atoms with E-state index in [1.807, 2.05) is 6.07 Å². The lowest BCUT2D eigenvalue weighted by Crippen LogP contribution is -2.05. The molecule has 0 aliphatic rings. The SMILES string of the molecule is CCOC(=O)c1nnn2cc(Br)ccc12. The van der Waals surface area contributed by atoms with Crippen LogP contribution in [0.1, 0.15) is 17.4 Å². The number of hydrogen-bond acceptors (Lipinski definition) is 4. The number of rotatable bonds is 2. The summed E-state index contributed by atoms with van der Waals surface area (Å²) in [6.07, 6.45) is 1.73. The molecule has 0 saturated heterocycles. The van der Waals surface area contributed by atoms with Gasteiger partial charge in [0, 0.05) is 10.7 Å². The number of pyridine rings is 1. The van der Waals surface area contributed by atoms with Crippen LogP contribution in [0.5, 0.6) is 0 Å². The summed E-state index contributed by atoms with van der Waals surface area (Å²) in [7, 11) is 0. The zero-order chi connectivity index (χ0) is 10.8. The molecule has 0 aliphatic carbocycles. The van der Waals surface area contributed by atoms with Crippen LogP contribution in [-0.2, 0) is 4.74 Å². The number of ether oxygens (including phenoxy) is 1. The lowest BCUT2D eigenvalue weighted by atomic mass is 10.3. The van der Waals surface area contributed by atoms with Gasteiger partial charge in [0.05, 0.1) is 6.61 Å². The molecule has 0 spiro atoms. The van der Waals surface area contributed by atoms with Gasteiger partial charge >= 0.3 is 5.97 Å². The first kappa shape index (κ1) is 10.1. The maximum atomic E-state index is 11.5. The van der Waals surface area contributed by atoms with Gasteiger partial charge in [-0.05, 0) is 35.0 Å². The Bertz CT molecular complexity index is 509. The highest BCUT2D eigenvalue weighted by molar-refractivity contribution is 9.10. The number of nitrogens with zero attached hydrogens (tertiary/aromatic N) is 3. The van der Waals surface area contributed by atoms with Crippen molar-refractivity contribution in [2.24, 2.45) is 0 Å². The molecule has 78 valence electrons. The molecule has 0 aliphatic heterocycles. The maximum absolute atomic E-state index is 11.5. The average Bonchev–Trinajstić information content (AvgIpc) is 2.60. The molecule has 2 rings (SSSR count). The summed E-state index contributed by atoms with van der Waals surface area (Å²) in [5.41, 5.74) is 0.876. The van der Waals surface area contributed by atoms with E-state index in [-0.39, 0.29) is 5.69 Å². The molecular weight excluding hydrogens is 262 g/mol. The molecule has 0 radical (unpaired) electrons. The molecule has 2 heterocycles. The van der Waals surface area contributed by atoms with Gasteiger partial charge in [0.25, 0.3) is 0 Å². The first-order valence-electron chi connectivity index (χ1n) is 4.40. The number of esters is 1. The molecular formula is C9H8BrN3O2. The summed E-state index contributed by atoms with van der Waals surface area (Å²) < 4.78 is 7.25. The van der Waals surface area contributed by atoms with Gasteiger partial charge in [0.15, 0.2) is 5.69 Å². The molecule has 15 heavy (non-hydrogen) atoms. The Balaban J connectivity index is 2.49. The quantitative estimate of drug-likeness (QED) is 0.779. The normalized spacial score (nSPS) is 10.5. The van der Waals surface area contributed by atoms with Crippen LogP contribution >= 0.6 is 15.9 Å². The van der Waals surface area contributed by atoms with Crippen molar-refractivity contribution in [2.45, 2.75) is 6.92 Å². The van der Waals surface area contributed by atoms with Crippen LogP contribution in [0.4, 0.5) is 0 Å².